The molecule has 4 heteroatoms. The molecule has 1 atom stereocenters. The summed E-state index contributed by atoms with van der Waals surface area (Å²) in [6.45, 7) is 2.12. The highest BCUT2D eigenvalue weighted by Crippen LogP contribution is 2.21. The van der Waals surface area contributed by atoms with Gasteiger partial charge in [-0.3, -0.25) is 0 Å². The molecule has 0 heterocycles. The van der Waals surface area contributed by atoms with Crippen LogP contribution in [-0.2, 0) is 6.61 Å². The van der Waals surface area contributed by atoms with E-state index in [4.69, 9.17) is 15.2 Å². The third-order valence-corrected chi connectivity index (χ3v) is 3.03. The second-order valence-electron chi connectivity index (χ2n) is 4.61. The van der Waals surface area contributed by atoms with E-state index in [0.29, 0.717) is 17.9 Å². The smallest absolute Gasteiger partial charge is 0.131 e. The van der Waals surface area contributed by atoms with Crippen LogP contribution >= 0.6 is 0 Å². The van der Waals surface area contributed by atoms with Crippen LogP contribution in [0.4, 0.5) is 4.39 Å². The molecule has 0 amide bonds. The predicted octanol–water partition coefficient (Wildman–Crippen LogP) is 3.43. The van der Waals surface area contributed by atoms with Gasteiger partial charge in [0.2, 0.25) is 0 Å². The fourth-order valence-corrected chi connectivity index (χ4v) is 1.86. The van der Waals surface area contributed by atoms with Gasteiger partial charge in [0, 0.05) is 17.7 Å². The summed E-state index contributed by atoms with van der Waals surface area (Å²) < 4.78 is 24.4. The van der Waals surface area contributed by atoms with Gasteiger partial charge < -0.3 is 15.2 Å². The normalized spacial score (nSPS) is 12.0. The third kappa shape index (κ3) is 3.48. The van der Waals surface area contributed by atoms with Crippen molar-refractivity contribution in [1.29, 1.82) is 0 Å². The van der Waals surface area contributed by atoms with Crippen molar-refractivity contribution in [2.45, 2.75) is 19.6 Å². The van der Waals surface area contributed by atoms with Gasteiger partial charge in [-0.15, -0.1) is 0 Å². The number of ether oxygens (including phenoxy) is 2. The first kappa shape index (κ1) is 14.3. The lowest BCUT2D eigenvalue weighted by molar-refractivity contribution is 0.304. The largest absolute Gasteiger partial charge is 0.497 e. The van der Waals surface area contributed by atoms with Crippen LogP contribution < -0.4 is 15.2 Å². The Bertz CT molecular complexity index is 567. The molecular formula is C16H18FNO2. The average Bonchev–Trinajstić information content (AvgIpc) is 2.45. The Morgan fingerprint density at radius 2 is 1.75 bits per heavy atom. The fourth-order valence-electron chi connectivity index (χ4n) is 1.86. The van der Waals surface area contributed by atoms with Crippen LogP contribution in [0.3, 0.4) is 0 Å². The molecule has 0 aliphatic carbocycles. The lowest BCUT2D eigenvalue weighted by atomic mass is 10.1. The molecule has 3 nitrogen and oxygen atoms in total. The Morgan fingerprint density at radius 3 is 2.30 bits per heavy atom. The summed E-state index contributed by atoms with van der Waals surface area (Å²) in [5.41, 5.74) is 7.14. The number of benzene rings is 2. The van der Waals surface area contributed by atoms with Gasteiger partial charge in [0.15, 0.2) is 0 Å². The summed E-state index contributed by atoms with van der Waals surface area (Å²) in [5, 5.41) is 0. The standard InChI is InChI=1S/C16H18FNO2/c1-11(18)15-8-7-14(9-16(15)17)20-10-12-3-5-13(19-2)6-4-12/h3-9,11H,10,18H2,1-2H3/t11-/m0/s1. The minimum Gasteiger partial charge on any atom is -0.497 e. The molecule has 0 spiro atoms. The van der Waals surface area contributed by atoms with E-state index in [1.807, 2.05) is 24.3 Å². The van der Waals surface area contributed by atoms with Crippen molar-refractivity contribution >= 4 is 0 Å². The average molecular weight is 275 g/mol. The van der Waals surface area contributed by atoms with Crippen LogP contribution in [0, 0.1) is 5.82 Å². The van der Waals surface area contributed by atoms with Gasteiger partial charge >= 0.3 is 0 Å². The van der Waals surface area contributed by atoms with Crippen LogP contribution in [0.15, 0.2) is 42.5 Å². The molecule has 0 aliphatic rings. The van der Waals surface area contributed by atoms with Crippen molar-refractivity contribution < 1.29 is 13.9 Å². The third-order valence-electron chi connectivity index (χ3n) is 3.03. The summed E-state index contributed by atoms with van der Waals surface area (Å²) in [6, 6.07) is 12.0. The summed E-state index contributed by atoms with van der Waals surface area (Å²) >= 11 is 0. The van der Waals surface area contributed by atoms with Gasteiger partial charge in [-0.25, -0.2) is 4.39 Å². The number of methoxy groups -OCH3 is 1. The van der Waals surface area contributed by atoms with Crippen LogP contribution in [0.25, 0.3) is 0 Å². The highest BCUT2D eigenvalue weighted by Gasteiger charge is 2.08. The SMILES string of the molecule is COc1ccc(COc2ccc([C@H](C)N)c(F)c2)cc1. The van der Waals surface area contributed by atoms with E-state index in [-0.39, 0.29) is 11.9 Å². The van der Waals surface area contributed by atoms with Crippen molar-refractivity contribution in [2.24, 2.45) is 5.73 Å². The minimum atomic E-state index is -0.341. The molecule has 2 aromatic rings. The number of hydrogen-bond acceptors (Lipinski definition) is 3. The lowest BCUT2D eigenvalue weighted by Crippen LogP contribution is -2.07. The maximum Gasteiger partial charge on any atom is 0.131 e. The van der Waals surface area contributed by atoms with Crippen molar-refractivity contribution in [3.8, 4) is 11.5 Å². The summed E-state index contributed by atoms with van der Waals surface area (Å²) in [6.07, 6.45) is 0. The van der Waals surface area contributed by atoms with Gasteiger partial charge in [-0.1, -0.05) is 18.2 Å². The topological polar surface area (TPSA) is 44.5 Å². The molecule has 0 bridgehead atoms. The molecule has 0 radical (unpaired) electrons. The molecule has 0 saturated carbocycles. The van der Waals surface area contributed by atoms with Gasteiger partial charge in [-0.05, 0) is 30.7 Å². The molecule has 2 N–H and O–H groups in total. The fraction of sp³-hybridized carbons (Fsp3) is 0.250. The van der Waals surface area contributed by atoms with Crippen molar-refractivity contribution in [3.63, 3.8) is 0 Å². The zero-order valence-corrected chi connectivity index (χ0v) is 11.6. The Balaban J connectivity index is 2.01. The summed E-state index contributed by atoms with van der Waals surface area (Å²) in [4.78, 5) is 0. The Labute approximate surface area is 118 Å². The van der Waals surface area contributed by atoms with Gasteiger partial charge in [0.25, 0.3) is 0 Å². The van der Waals surface area contributed by atoms with Crippen molar-refractivity contribution in [1.82, 2.24) is 0 Å². The van der Waals surface area contributed by atoms with E-state index in [1.165, 1.54) is 6.07 Å². The Morgan fingerprint density at radius 1 is 1.10 bits per heavy atom. The number of nitrogens with two attached hydrogens (primary N) is 1. The van der Waals surface area contributed by atoms with E-state index in [9.17, 15) is 4.39 Å². The maximum atomic E-state index is 13.7. The highest BCUT2D eigenvalue weighted by atomic mass is 19.1. The molecule has 106 valence electrons. The number of rotatable bonds is 5. The van der Waals surface area contributed by atoms with E-state index in [1.54, 1.807) is 26.2 Å². The van der Waals surface area contributed by atoms with E-state index >= 15 is 0 Å². The predicted molar refractivity (Wildman–Crippen MR) is 76.3 cm³/mol. The second-order valence-corrected chi connectivity index (χ2v) is 4.61. The zero-order valence-electron chi connectivity index (χ0n) is 11.6. The van der Waals surface area contributed by atoms with Crippen molar-refractivity contribution in [2.75, 3.05) is 7.11 Å². The maximum absolute atomic E-state index is 13.7. The van der Waals surface area contributed by atoms with E-state index < -0.39 is 0 Å². The number of hydrogen-bond donors (Lipinski definition) is 1. The van der Waals surface area contributed by atoms with E-state index in [0.717, 1.165) is 11.3 Å². The molecule has 0 fully saturated rings. The van der Waals surface area contributed by atoms with Crippen LogP contribution in [0.2, 0.25) is 0 Å². The first-order chi connectivity index (χ1) is 9.60. The van der Waals surface area contributed by atoms with Crippen LogP contribution in [-0.4, -0.2) is 7.11 Å². The van der Waals surface area contributed by atoms with Crippen LogP contribution in [0.5, 0.6) is 11.5 Å². The summed E-state index contributed by atoms with van der Waals surface area (Å²) in [7, 11) is 1.62. The van der Waals surface area contributed by atoms with Gasteiger partial charge in [0.05, 0.1) is 7.11 Å². The van der Waals surface area contributed by atoms with E-state index in [2.05, 4.69) is 0 Å². The molecule has 0 saturated heterocycles. The second kappa shape index (κ2) is 6.39. The Kier molecular flexibility index (Phi) is 4.58. The first-order valence-electron chi connectivity index (χ1n) is 6.41. The highest BCUT2D eigenvalue weighted by molar-refractivity contribution is 5.31. The molecule has 0 aliphatic heterocycles. The molecule has 0 unspecified atom stereocenters. The summed E-state index contributed by atoms with van der Waals surface area (Å²) in [5.74, 6) is 0.941. The molecule has 2 rings (SSSR count). The van der Waals surface area contributed by atoms with Gasteiger partial charge in [-0.2, -0.15) is 0 Å². The Hall–Kier alpha value is -2.07. The molecule has 2 aromatic carbocycles. The lowest BCUT2D eigenvalue weighted by Gasteiger charge is -2.10. The minimum absolute atomic E-state index is 0.328. The first-order valence-corrected chi connectivity index (χ1v) is 6.41. The monoisotopic (exact) mass is 275 g/mol. The molecule has 0 aromatic heterocycles. The molecular weight excluding hydrogens is 257 g/mol. The quantitative estimate of drug-likeness (QED) is 0.909. The van der Waals surface area contributed by atoms with Crippen LogP contribution in [0.1, 0.15) is 24.1 Å². The molecule has 20 heavy (non-hydrogen) atoms. The zero-order chi connectivity index (χ0) is 14.5. The van der Waals surface area contributed by atoms with Crippen molar-refractivity contribution in [3.05, 3.63) is 59.4 Å². The number of halogens is 1. The van der Waals surface area contributed by atoms with Gasteiger partial charge in [0.1, 0.15) is 23.9 Å².